The number of nitrogens with one attached hydrogen (secondary N) is 1. The van der Waals surface area contributed by atoms with E-state index in [2.05, 4.69) is 10.2 Å². The Labute approximate surface area is 146 Å². The first-order chi connectivity index (χ1) is 12.0. The largest absolute Gasteiger partial charge is 0.399 e. The summed E-state index contributed by atoms with van der Waals surface area (Å²) in [5.41, 5.74) is 6.27. The molecule has 1 aromatic rings. The maximum absolute atomic E-state index is 11.0. The topological polar surface area (TPSA) is 134 Å². The van der Waals surface area contributed by atoms with Crippen molar-refractivity contribution in [1.82, 2.24) is 4.90 Å². The van der Waals surface area contributed by atoms with Crippen molar-refractivity contribution in [1.29, 1.82) is 0 Å². The summed E-state index contributed by atoms with van der Waals surface area (Å²) < 4.78 is 5.56. The van der Waals surface area contributed by atoms with Gasteiger partial charge >= 0.3 is 0 Å². The van der Waals surface area contributed by atoms with Gasteiger partial charge in [-0.05, 0) is 25.0 Å². The molecule has 1 aromatic carbocycles. The molecule has 0 saturated carbocycles. The smallest absolute Gasteiger partial charge is 0.294 e. The third-order valence-electron chi connectivity index (χ3n) is 4.32. The molecule has 9 nitrogen and oxygen atoms in total. The van der Waals surface area contributed by atoms with E-state index in [0.717, 1.165) is 6.54 Å². The van der Waals surface area contributed by atoms with Crippen molar-refractivity contribution in [2.24, 2.45) is 0 Å². The number of hydrogen-bond donors (Lipinski definition) is 4. The molecule has 1 heterocycles. The van der Waals surface area contributed by atoms with Crippen LogP contribution in [0.25, 0.3) is 0 Å². The average Bonchev–Trinajstić information content (AvgIpc) is 2.59. The molecule has 2 unspecified atom stereocenters. The van der Waals surface area contributed by atoms with Gasteiger partial charge in [0.15, 0.2) is 0 Å². The summed E-state index contributed by atoms with van der Waals surface area (Å²) in [4.78, 5) is 12.6. The molecule has 0 spiro atoms. The molecule has 1 saturated heterocycles. The Kier molecular flexibility index (Phi) is 7.38. The Morgan fingerprint density at radius 2 is 2.24 bits per heavy atom. The monoisotopic (exact) mass is 354 g/mol. The lowest BCUT2D eigenvalue weighted by Crippen LogP contribution is -2.47. The number of piperidine rings is 1. The summed E-state index contributed by atoms with van der Waals surface area (Å²) in [7, 11) is 0. The number of nitro groups is 1. The van der Waals surface area contributed by atoms with E-state index < -0.39 is 4.92 Å². The van der Waals surface area contributed by atoms with Crippen LogP contribution < -0.4 is 11.1 Å². The number of benzene rings is 1. The highest BCUT2D eigenvalue weighted by Crippen LogP contribution is 2.26. The number of likely N-dealkylation sites (tertiary alicyclic amines) is 1. The molecule has 0 radical (unpaired) electrons. The maximum atomic E-state index is 11.0. The lowest BCUT2D eigenvalue weighted by Gasteiger charge is -2.36. The summed E-state index contributed by atoms with van der Waals surface area (Å²) in [5.74, 6) is 0. The van der Waals surface area contributed by atoms with Gasteiger partial charge in [0.05, 0.1) is 30.8 Å². The third-order valence-corrected chi connectivity index (χ3v) is 4.32. The van der Waals surface area contributed by atoms with Crippen molar-refractivity contribution in [3.05, 3.63) is 28.3 Å². The Morgan fingerprint density at radius 1 is 1.44 bits per heavy atom. The Hall–Kier alpha value is -1.94. The van der Waals surface area contributed by atoms with Gasteiger partial charge in [0, 0.05) is 37.4 Å². The molecule has 1 aliphatic heterocycles. The van der Waals surface area contributed by atoms with Crippen molar-refractivity contribution in [2.75, 3.05) is 50.5 Å². The van der Waals surface area contributed by atoms with Crippen LogP contribution in [0.1, 0.15) is 12.8 Å². The molecule has 0 bridgehead atoms. The lowest BCUT2D eigenvalue weighted by molar-refractivity contribution is -0.383. The second-order valence-corrected chi connectivity index (χ2v) is 6.12. The lowest BCUT2D eigenvalue weighted by atomic mass is 10.0. The van der Waals surface area contributed by atoms with Crippen LogP contribution in [0.2, 0.25) is 0 Å². The zero-order chi connectivity index (χ0) is 18.2. The zero-order valence-electron chi connectivity index (χ0n) is 14.1. The van der Waals surface area contributed by atoms with Crippen molar-refractivity contribution in [3.8, 4) is 0 Å². The minimum atomic E-state index is -0.473. The van der Waals surface area contributed by atoms with Crippen LogP contribution in [0.5, 0.6) is 0 Å². The second kappa shape index (κ2) is 9.52. The number of nitrogens with zero attached hydrogens (tertiary/aromatic N) is 2. The molecule has 9 heteroatoms. The van der Waals surface area contributed by atoms with E-state index in [1.165, 1.54) is 6.07 Å². The fraction of sp³-hybridized carbons (Fsp3) is 0.625. The molecule has 2 atom stereocenters. The highest BCUT2D eigenvalue weighted by atomic mass is 16.6. The van der Waals surface area contributed by atoms with E-state index in [9.17, 15) is 20.3 Å². The Bertz CT molecular complexity index is 571. The molecule has 1 fully saturated rings. The van der Waals surface area contributed by atoms with Crippen molar-refractivity contribution >= 4 is 17.1 Å². The molecule has 140 valence electrons. The van der Waals surface area contributed by atoms with E-state index in [0.29, 0.717) is 50.5 Å². The van der Waals surface area contributed by atoms with Crippen LogP contribution in [-0.2, 0) is 4.74 Å². The van der Waals surface area contributed by atoms with Crippen molar-refractivity contribution in [2.45, 2.75) is 25.0 Å². The first kappa shape index (κ1) is 19.4. The first-order valence-electron chi connectivity index (χ1n) is 8.39. The van der Waals surface area contributed by atoms with E-state index in [-0.39, 0.29) is 24.4 Å². The van der Waals surface area contributed by atoms with Crippen LogP contribution in [0.15, 0.2) is 18.2 Å². The van der Waals surface area contributed by atoms with Crippen molar-refractivity contribution < 1.29 is 19.9 Å². The predicted molar refractivity (Wildman–Crippen MR) is 94.5 cm³/mol. The molecule has 0 amide bonds. The molecule has 1 aliphatic rings. The van der Waals surface area contributed by atoms with Gasteiger partial charge in [0.1, 0.15) is 5.69 Å². The van der Waals surface area contributed by atoms with Crippen LogP contribution in [0.3, 0.4) is 0 Å². The second-order valence-electron chi connectivity index (χ2n) is 6.12. The number of rotatable bonds is 9. The van der Waals surface area contributed by atoms with E-state index >= 15 is 0 Å². The van der Waals surface area contributed by atoms with Gasteiger partial charge in [-0.25, -0.2) is 0 Å². The third kappa shape index (κ3) is 5.82. The molecule has 25 heavy (non-hydrogen) atoms. The maximum Gasteiger partial charge on any atom is 0.294 e. The van der Waals surface area contributed by atoms with Gasteiger partial charge in [-0.3, -0.25) is 15.0 Å². The number of hydrogen-bond acceptors (Lipinski definition) is 8. The predicted octanol–water partition coefficient (Wildman–Crippen LogP) is 0.423. The van der Waals surface area contributed by atoms with E-state index in [1.807, 2.05) is 0 Å². The van der Waals surface area contributed by atoms with E-state index in [4.69, 9.17) is 10.5 Å². The SMILES string of the molecule is Nc1ccc(NCCOCCN2CCC(O)CC2CO)c([N+](=O)[O-])c1. The Balaban J connectivity index is 1.68. The minimum Gasteiger partial charge on any atom is -0.399 e. The molecular formula is C16H26N4O5. The summed E-state index contributed by atoms with van der Waals surface area (Å²) in [5, 5.41) is 33.0. The molecule has 0 aromatic heterocycles. The van der Waals surface area contributed by atoms with Gasteiger partial charge in [-0.1, -0.05) is 0 Å². The summed E-state index contributed by atoms with van der Waals surface area (Å²) in [6.07, 6.45) is 0.951. The molecule has 0 aliphatic carbocycles. The van der Waals surface area contributed by atoms with Gasteiger partial charge in [-0.15, -0.1) is 0 Å². The highest BCUT2D eigenvalue weighted by Gasteiger charge is 2.26. The Morgan fingerprint density at radius 3 is 2.96 bits per heavy atom. The number of aliphatic hydroxyl groups is 2. The summed E-state index contributed by atoms with van der Waals surface area (Å²) in [6.45, 7) is 2.79. The molecule has 2 rings (SSSR count). The molecular weight excluding hydrogens is 328 g/mol. The van der Waals surface area contributed by atoms with Gasteiger partial charge in [0.25, 0.3) is 5.69 Å². The van der Waals surface area contributed by atoms with Crippen LogP contribution >= 0.6 is 0 Å². The number of aliphatic hydroxyl groups excluding tert-OH is 2. The van der Waals surface area contributed by atoms with E-state index in [1.54, 1.807) is 12.1 Å². The summed E-state index contributed by atoms with van der Waals surface area (Å²) >= 11 is 0. The van der Waals surface area contributed by atoms with Crippen LogP contribution in [0.4, 0.5) is 17.1 Å². The number of anilines is 2. The number of nitrogens with two attached hydrogens (primary N) is 1. The van der Waals surface area contributed by atoms with Gasteiger partial charge < -0.3 is 26.0 Å². The quantitative estimate of drug-likeness (QED) is 0.217. The highest BCUT2D eigenvalue weighted by molar-refractivity contribution is 5.66. The fourth-order valence-corrected chi connectivity index (χ4v) is 2.95. The fourth-order valence-electron chi connectivity index (χ4n) is 2.95. The number of ether oxygens (including phenoxy) is 1. The van der Waals surface area contributed by atoms with Gasteiger partial charge in [0.2, 0.25) is 0 Å². The number of nitro benzene ring substituents is 1. The minimum absolute atomic E-state index is 0.0251. The molecule has 5 N–H and O–H groups in total. The normalized spacial score (nSPS) is 21.2. The van der Waals surface area contributed by atoms with Crippen LogP contribution in [0, 0.1) is 10.1 Å². The zero-order valence-corrected chi connectivity index (χ0v) is 14.1. The van der Waals surface area contributed by atoms with Crippen LogP contribution in [-0.4, -0.2) is 71.6 Å². The average molecular weight is 354 g/mol. The number of nitrogen functional groups attached to an aromatic ring is 1. The first-order valence-corrected chi connectivity index (χ1v) is 8.39. The summed E-state index contributed by atoms with van der Waals surface area (Å²) in [6, 6.07) is 4.49. The standard InChI is InChI=1S/C16H26N4O5/c17-12-1-2-15(16(9-12)20(23)24)18-4-7-25-8-6-19-5-3-14(22)10-13(19)11-21/h1-2,9,13-14,18,21-22H,3-8,10-11,17H2. The van der Waals surface area contributed by atoms with Gasteiger partial charge in [-0.2, -0.15) is 0 Å². The van der Waals surface area contributed by atoms with Crippen molar-refractivity contribution in [3.63, 3.8) is 0 Å².